The molecular formula is C13H13N3O3S. The van der Waals surface area contributed by atoms with Crippen LogP contribution in [0.1, 0.15) is 10.5 Å². The fourth-order valence-corrected chi connectivity index (χ4v) is 2.02. The summed E-state index contributed by atoms with van der Waals surface area (Å²) in [7, 11) is 0. The maximum absolute atomic E-state index is 11.8. The van der Waals surface area contributed by atoms with E-state index in [2.05, 4.69) is 28.1 Å². The maximum Gasteiger partial charge on any atom is 0.269 e. The van der Waals surface area contributed by atoms with Gasteiger partial charge in [0.2, 0.25) is 6.79 Å². The number of fused-ring (bicyclic) bond motifs is 1. The monoisotopic (exact) mass is 291 g/mol. The number of thiol groups is 1. The minimum atomic E-state index is -0.196. The molecule has 2 heterocycles. The number of ether oxygens (including phenoxy) is 2. The number of hydrogen-bond acceptors (Lipinski definition) is 5. The van der Waals surface area contributed by atoms with Gasteiger partial charge in [-0.25, -0.2) is 0 Å². The molecule has 2 N–H and O–H groups in total. The van der Waals surface area contributed by atoms with Gasteiger partial charge in [-0.1, -0.05) is 0 Å². The summed E-state index contributed by atoms with van der Waals surface area (Å²) < 4.78 is 10.6. The molecule has 0 unspecified atom stereocenters. The summed E-state index contributed by atoms with van der Waals surface area (Å²) in [6.07, 6.45) is 0. The molecule has 104 valence electrons. The molecule has 1 amide bonds. The van der Waals surface area contributed by atoms with Crippen molar-refractivity contribution in [3.05, 3.63) is 30.0 Å². The second-order valence-corrected chi connectivity index (χ2v) is 4.66. The second kappa shape index (κ2) is 5.46. The quantitative estimate of drug-likeness (QED) is 0.746. The second-order valence-electron chi connectivity index (χ2n) is 4.21. The Morgan fingerprint density at radius 3 is 3.05 bits per heavy atom. The Bertz CT molecular complexity index is 642. The highest BCUT2D eigenvalue weighted by Gasteiger charge is 2.16. The number of rotatable bonds is 4. The topological polar surface area (TPSA) is 76.2 Å². The first-order valence-electron chi connectivity index (χ1n) is 6.12. The number of amides is 1. The van der Waals surface area contributed by atoms with E-state index in [1.807, 2.05) is 18.2 Å². The predicted octanol–water partition coefficient (Wildman–Crippen LogP) is 1.46. The van der Waals surface area contributed by atoms with Crippen LogP contribution >= 0.6 is 12.6 Å². The van der Waals surface area contributed by atoms with E-state index in [-0.39, 0.29) is 12.7 Å². The minimum absolute atomic E-state index is 0.196. The number of nitrogens with zero attached hydrogens (tertiary/aromatic N) is 1. The third-order valence-corrected chi connectivity index (χ3v) is 3.11. The van der Waals surface area contributed by atoms with Crippen molar-refractivity contribution in [1.29, 1.82) is 0 Å². The molecule has 0 radical (unpaired) electrons. The van der Waals surface area contributed by atoms with E-state index in [4.69, 9.17) is 9.47 Å². The highest BCUT2D eigenvalue weighted by Crippen LogP contribution is 2.35. The molecule has 0 bridgehead atoms. The van der Waals surface area contributed by atoms with Gasteiger partial charge in [-0.3, -0.25) is 9.89 Å². The van der Waals surface area contributed by atoms with E-state index < -0.39 is 0 Å². The van der Waals surface area contributed by atoms with Gasteiger partial charge in [-0.15, -0.1) is 0 Å². The van der Waals surface area contributed by atoms with Crippen molar-refractivity contribution < 1.29 is 14.3 Å². The zero-order chi connectivity index (χ0) is 13.9. The van der Waals surface area contributed by atoms with Crippen molar-refractivity contribution in [2.45, 2.75) is 0 Å². The van der Waals surface area contributed by atoms with Crippen LogP contribution in [-0.4, -0.2) is 35.2 Å². The standard InChI is InChI=1S/C13H13N3O3S/c17-13(14-3-4-20)10-6-9(15-16-10)8-1-2-11-12(5-8)19-7-18-11/h1-2,5-6,20H,3-4,7H2,(H,14,17)(H,15,16). The Morgan fingerprint density at radius 2 is 2.20 bits per heavy atom. The Hall–Kier alpha value is -2.15. The van der Waals surface area contributed by atoms with E-state index >= 15 is 0 Å². The van der Waals surface area contributed by atoms with Gasteiger partial charge in [0.15, 0.2) is 11.5 Å². The number of carbonyl (C=O) groups is 1. The van der Waals surface area contributed by atoms with E-state index in [9.17, 15) is 4.79 Å². The zero-order valence-electron chi connectivity index (χ0n) is 10.5. The summed E-state index contributed by atoms with van der Waals surface area (Å²) in [4.78, 5) is 11.8. The number of carbonyl (C=O) groups excluding carboxylic acids is 1. The Balaban J connectivity index is 1.81. The molecule has 3 rings (SSSR count). The molecule has 0 saturated heterocycles. The molecule has 1 aromatic carbocycles. The molecule has 0 saturated carbocycles. The van der Waals surface area contributed by atoms with Crippen LogP contribution in [0, 0.1) is 0 Å². The highest BCUT2D eigenvalue weighted by atomic mass is 32.1. The fourth-order valence-electron chi connectivity index (χ4n) is 1.91. The van der Waals surface area contributed by atoms with E-state index in [1.165, 1.54) is 0 Å². The molecule has 0 aliphatic carbocycles. The number of hydrogen-bond donors (Lipinski definition) is 3. The van der Waals surface area contributed by atoms with Crippen LogP contribution in [0.4, 0.5) is 0 Å². The summed E-state index contributed by atoms with van der Waals surface area (Å²) in [5.74, 6) is 1.80. The molecule has 1 aromatic heterocycles. The normalized spacial score (nSPS) is 12.4. The maximum atomic E-state index is 11.8. The van der Waals surface area contributed by atoms with Gasteiger partial charge < -0.3 is 14.8 Å². The zero-order valence-corrected chi connectivity index (χ0v) is 11.4. The number of aromatic nitrogens is 2. The highest BCUT2D eigenvalue weighted by molar-refractivity contribution is 7.80. The molecule has 1 aliphatic rings. The lowest BCUT2D eigenvalue weighted by Crippen LogP contribution is -2.25. The van der Waals surface area contributed by atoms with Crippen LogP contribution in [0.25, 0.3) is 11.3 Å². The van der Waals surface area contributed by atoms with Crippen LogP contribution < -0.4 is 14.8 Å². The van der Waals surface area contributed by atoms with Gasteiger partial charge in [0, 0.05) is 17.9 Å². The minimum Gasteiger partial charge on any atom is -0.454 e. The lowest BCUT2D eigenvalue weighted by atomic mass is 10.1. The van der Waals surface area contributed by atoms with Gasteiger partial charge in [0.1, 0.15) is 5.69 Å². The lowest BCUT2D eigenvalue weighted by molar-refractivity contribution is 0.0951. The average Bonchev–Trinajstić information content (AvgIpc) is 3.12. The molecule has 7 heteroatoms. The van der Waals surface area contributed by atoms with Crippen LogP contribution in [0.15, 0.2) is 24.3 Å². The first-order valence-corrected chi connectivity index (χ1v) is 6.75. The van der Waals surface area contributed by atoms with E-state index in [0.717, 1.165) is 11.3 Å². The largest absolute Gasteiger partial charge is 0.454 e. The number of H-pyrrole nitrogens is 1. The third-order valence-electron chi connectivity index (χ3n) is 2.89. The SMILES string of the molecule is O=C(NCCS)c1cc(-c2ccc3c(c2)OCO3)n[nH]1. The van der Waals surface area contributed by atoms with Gasteiger partial charge in [0.25, 0.3) is 5.91 Å². The summed E-state index contributed by atoms with van der Waals surface area (Å²) in [5.41, 5.74) is 1.96. The first kappa shape index (κ1) is 12.9. The molecule has 2 aromatic rings. The summed E-state index contributed by atoms with van der Waals surface area (Å²) in [6, 6.07) is 7.24. The number of benzene rings is 1. The smallest absolute Gasteiger partial charge is 0.269 e. The number of aromatic amines is 1. The van der Waals surface area contributed by atoms with Crippen molar-refractivity contribution in [3.63, 3.8) is 0 Å². The predicted molar refractivity (Wildman–Crippen MR) is 76.3 cm³/mol. The Kier molecular flexibility index (Phi) is 3.51. The van der Waals surface area contributed by atoms with Crippen molar-refractivity contribution in [3.8, 4) is 22.8 Å². The molecule has 20 heavy (non-hydrogen) atoms. The van der Waals surface area contributed by atoms with Gasteiger partial charge in [-0.05, 0) is 24.3 Å². The van der Waals surface area contributed by atoms with Gasteiger partial charge in [-0.2, -0.15) is 17.7 Å². The van der Waals surface area contributed by atoms with Gasteiger partial charge >= 0.3 is 0 Å². The first-order chi connectivity index (χ1) is 9.78. The Morgan fingerprint density at radius 1 is 1.35 bits per heavy atom. The Labute approximate surface area is 120 Å². The molecule has 6 nitrogen and oxygen atoms in total. The lowest BCUT2D eigenvalue weighted by Gasteiger charge is -1.99. The fraction of sp³-hybridized carbons (Fsp3) is 0.231. The third kappa shape index (κ3) is 2.44. The summed E-state index contributed by atoms with van der Waals surface area (Å²) in [6.45, 7) is 0.747. The molecule has 0 spiro atoms. The summed E-state index contributed by atoms with van der Waals surface area (Å²) >= 11 is 4.04. The van der Waals surface area contributed by atoms with E-state index in [0.29, 0.717) is 29.4 Å². The van der Waals surface area contributed by atoms with Crippen molar-refractivity contribution in [2.24, 2.45) is 0 Å². The number of nitrogens with one attached hydrogen (secondary N) is 2. The van der Waals surface area contributed by atoms with Crippen LogP contribution in [-0.2, 0) is 0 Å². The molecule has 0 fully saturated rings. The molecule has 1 aliphatic heterocycles. The van der Waals surface area contributed by atoms with E-state index in [1.54, 1.807) is 6.07 Å². The van der Waals surface area contributed by atoms with Crippen molar-refractivity contribution in [1.82, 2.24) is 15.5 Å². The average molecular weight is 291 g/mol. The molecule has 0 atom stereocenters. The van der Waals surface area contributed by atoms with Gasteiger partial charge in [0.05, 0.1) is 5.69 Å². The van der Waals surface area contributed by atoms with Crippen molar-refractivity contribution >= 4 is 18.5 Å². The van der Waals surface area contributed by atoms with Crippen LogP contribution in [0.3, 0.4) is 0 Å². The molecular weight excluding hydrogens is 278 g/mol. The van der Waals surface area contributed by atoms with Crippen LogP contribution in [0.5, 0.6) is 11.5 Å². The van der Waals surface area contributed by atoms with Crippen LogP contribution in [0.2, 0.25) is 0 Å². The summed E-state index contributed by atoms with van der Waals surface area (Å²) in [5, 5.41) is 9.59. The van der Waals surface area contributed by atoms with Crippen molar-refractivity contribution in [2.75, 3.05) is 19.1 Å².